The number of likely N-dealkylation sites (tertiary alicyclic amines) is 1. The largest absolute Gasteiger partial charge is 0.371 e. The number of Topliss-reactive ketones (excluding diaryl/α,β-unsaturated/α-hetero) is 1. The van der Waals surface area contributed by atoms with Crippen LogP contribution in [-0.2, 0) is 33.8 Å². The van der Waals surface area contributed by atoms with Gasteiger partial charge >= 0.3 is 6.03 Å². The standard InChI is InChI=1S/C38H65N5O8S/c1-25(2)17-20-52(49,50)24-38(18-10-7-11-19-38)42-36(48)41-31(27-15-8-6-9-16-27)35(47)43-23-28(51-37(3,4)5)22-30(43)34(46)40-29(32(44)33(39)45)21-26-13-12-14-26/h25-31H,6-24H2,1-5H3,(H2,39,45)(H,40,46)(H2,41,42,48)/t28?,29?,30-,31-/m0/s1. The summed E-state index contributed by atoms with van der Waals surface area (Å²) in [5, 5.41) is 8.81. The van der Waals surface area contributed by atoms with E-state index < -0.39 is 74.7 Å². The lowest BCUT2D eigenvalue weighted by Crippen LogP contribution is -2.62. The molecule has 1 saturated heterocycles. The lowest BCUT2D eigenvalue weighted by molar-refractivity contribution is -0.143. The van der Waals surface area contributed by atoms with Crippen LogP contribution in [0, 0.1) is 17.8 Å². The van der Waals surface area contributed by atoms with Gasteiger partial charge in [0.2, 0.25) is 17.6 Å². The van der Waals surface area contributed by atoms with Crippen molar-refractivity contribution in [2.45, 2.75) is 173 Å². The molecule has 296 valence electrons. The molecule has 3 saturated carbocycles. The van der Waals surface area contributed by atoms with Gasteiger partial charge in [-0.1, -0.05) is 71.6 Å². The molecule has 0 aromatic heterocycles. The Balaban J connectivity index is 1.58. The zero-order valence-electron chi connectivity index (χ0n) is 32.2. The predicted molar refractivity (Wildman–Crippen MR) is 199 cm³/mol. The van der Waals surface area contributed by atoms with Gasteiger partial charge in [0, 0.05) is 13.0 Å². The molecule has 3 aliphatic carbocycles. The minimum atomic E-state index is -3.45. The third-order valence-corrected chi connectivity index (χ3v) is 13.3. The second-order valence-corrected chi connectivity index (χ2v) is 19.7. The summed E-state index contributed by atoms with van der Waals surface area (Å²) in [5.41, 5.74) is 3.88. The van der Waals surface area contributed by atoms with E-state index in [-0.39, 0.29) is 42.2 Å². The summed E-state index contributed by atoms with van der Waals surface area (Å²) in [6.07, 6.45) is 11.2. The minimum absolute atomic E-state index is 0.0572. The number of sulfone groups is 1. The van der Waals surface area contributed by atoms with Crippen molar-refractivity contribution in [3.63, 3.8) is 0 Å². The van der Waals surface area contributed by atoms with Gasteiger partial charge in [0.05, 0.1) is 34.8 Å². The first-order valence-electron chi connectivity index (χ1n) is 19.8. The fraction of sp³-hybridized carbons (Fsp3) is 0.868. The van der Waals surface area contributed by atoms with Crippen molar-refractivity contribution in [1.82, 2.24) is 20.9 Å². The molecule has 4 atom stereocenters. The number of nitrogens with zero attached hydrogens (tertiary/aromatic N) is 1. The average molecular weight is 752 g/mol. The molecule has 4 rings (SSSR count). The van der Waals surface area contributed by atoms with Crippen LogP contribution < -0.4 is 21.7 Å². The topological polar surface area (TPSA) is 194 Å². The Morgan fingerprint density at radius 1 is 0.904 bits per heavy atom. The van der Waals surface area contributed by atoms with Gasteiger partial charge in [0.1, 0.15) is 12.1 Å². The number of hydrogen-bond donors (Lipinski definition) is 4. The van der Waals surface area contributed by atoms with Crippen molar-refractivity contribution in [3.05, 3.63) is 0 Å². The summed E-state index contributed by atoms with van der Waals surface area (Å²) in [4.78, 5) is 68.9. The van der Waals surface area contributed by atoms with E-state index in [2.05, 4.69) is 16.0 Å². The lowest BCUT2D eigenvalue weighted by Gasteiger charge is -2.39. The highest BCUT2D eigenvalue weighted by molar-refractivity contribution is 7.91. The number of amides is 5. The van der Waals surface area contributed by atoms with Crippen molar-refractivity contribution in [3.8, 4) is 0 Å². The first-order chi connectivity index (χ1) is 24.4. The number of ketones is 1. The molecule has 1 heterocycles. The maximum absolute atomic E-state index is 14.7. The molecular formula is C38H65N5O8S. The zero-order valence-corrected chi connectivity index (χ0v) is 33.0. The zero-order chi connectivity index (χ0) is 38.3. The molecular weight excluding hydrogens is 687 g/mol. The Bertz CT molecular complexity index is 1380. The number of nitrogens with two attached hydrogens (primary N) is 1. The van der Waals surface area contributed by atoms with Crippen molar-refractivity contribution in [1.29, 1.82) is 0 Å². The number of urea groups is 1. The Morgan fingerprint density at radius 3 is 2.10 bits per heavy atom. The van der Waals surface area contributed by atoms with Gasteiger partial charge in [-0.25, -0.2) is 13.2 Å². The first-order valence-corrected chi connectivity index (χ1v) is 21.6. The van der Waals surface area contributed by atoms with Crippen LogP contribution >= 0.6 is 0 Å². The molecule has 2 unspecified atom stereocenters. The first kappa shape index (κ1) is 42.0. The van der Waals surface area contributed by atoms with Gasteiger partial charge in [0.25, 0.3) is 5.91 Å². The smallest absolute Gasteiger partial charge is 0.315 e. The average Bonchev–Trinajstić information content (AvgIpc) is 3.46. The molecule has 0 aromatic rings. The molecule has 14 heteroatoms. The third-order valence-electron chi connectivity index (χ3n) is 11.4. The Morgan fingerprint density at radius 2 is 1.54 bits per heavy atom. The number of primary amides is 1. The molecule has 4 fully saturated rings. The fourth-order valence-electron chi connectivity index (χ4n) is 8.50. The molecule has 0 spiro atoms. The summed E-state index contributed by atoms with van der Waals surface area (Å²) < 4.78 is 32.8. The second kappa shape index (κ2) is 18.1. The molecule has 5 amide bonds. The van der Waals surface area contributed by atoms with Crippen LogP contribution in [0.4, 0.5) is 4.79 Å². The molecule has 4 aliphatic rings. The SMILES string of the molecule is CC(C)CCS(=O)(=O)CC1(NC(=O)N[C@H](C(=O)N2CC(OC(C)(C)C)C[C@H]2C(=O)NC(CC2CCC2)C(=O)C(N)=O)C2CCCCC2)CCCCC1. The number of ether oxygens (including phenoxy) is 1. The van der Waals surface area contributed by atoms with E-state index in [0.717, 1.165) is 57.8 Å². The van der Waals surface area contributed by atoms with Gasteiger partial charge in [-0.15, -0.1) is 0 Å². The molecule has 13 nitrogen and oxygen atoms in total. The van der Waals surface area contributed by atoms with E-state index in [0.29, 0.717) is 38.5 Å². The molecule has 0 aromatic carbocycles. The van der Waals surface area contributed by atoms with Crippen molar-refractivity contribution >= 4 is 39.4 Å². The van der Waals surface area contributed by atoms with Crippen molar-refractivity contribution < 1.29 is 37.1 Å². The summed E-state index contributed by atoms with van der Waals surface area (Å²) in [5.74, 6) is -2.79. The fourth-order valence-corrected chi connectivity index (χ4v) is 10.7. The van der Waals surface area contributed by atoms with Crippen LogP contribution in [-0.4, -0.2) is 96.3 Å². The van der Waals surface area contributed by atoms with Crippen LogP contribution in [0.3, 0.4) is 0 Å². The van der Waals surface area contributed by atoms with Crippen LogP contribution in [0.2, 0.25) is 0 Å². The van der Waals surface area contributed by atoms with Crippen molar-refractivity contribution in [2.24, 2.45) is 23.5 Å². The third kappa shape index (κ3) is 12.1. The number of carbonyl (C=O) groups excluding carboxylic acids is 5. The van der Waals surface area contributed by atoms with Crippen LogP contribution in [0.1, 0.15) is 137 Å². The van der Waals surface area contributed by atoms with Crippen molar-refractivity contribution in [2.75, 3.05) is 18.1 Å². The molecule has 0 bridgehead atoms. The Hall–Kier alpha value is -2.74. The summed E-state index contributed by atoms with van der Waals surface area (Å²) in [6, 6.07) is -3.63. The van der Waals surface area contributed by atoms with Crippen LogP contribution in [0.25, 0.3) is 0 Å². The van der Waals surface area contributed by atoms with Crippen LogP contribution in [0.15, 0.2) is 0 Å². The number of rotatable bonds is 16. The second-order valence-electron chi connectivity index (χ2n) is 17.5. The monoisotopic (exact) mass is 751 g/mol. The highest BCUT2D eigenvalue weighted by atomic mass is 32.2. The molecule has 1 aliphatic heterocycles. The predicted octanol–water partition coefficient (Wildman–Crippen LogP) is 3.91. The van der Waals surface area contributed by atoms with E-state index in [1.165, 1.54) is 4.90 Å². The lowest BCUT2D eigenvalue weighted by atomic mass is 9.80. The normalized spacial score (nSPS) is 24.1. The van der Waals surface area contributed by atoms with E-state index in [1.807, 2.05) is 34.6 Å². The Labute approximate surface area is 311 Å². The molecule has 52 heavy (non-hydrogen) atoms. The van der Waals surface area contributed by atoms with E-state index >= 15 is 0 Å². The van der Waals surface area contributed by atoms with E-state index in [9.17, 15) is 32.4 Å². The summed E-state index contributed by atoms with van der Waals surface area (Å²) in [7, 11) is -3.45. The number of carbonyl (C=O) groups is 5. The number of hydrogen-bond acceptors (Lipinski definition) is 8. The Kier molecular flexibility index (Phi) is 14.6. The molecule has 5 N–H and O–H groups in total. The van der Waals surface area contributed by atoms with E-state index in [1.54, 1.807) is 0 Å². The summed E-state index contributed by atoms with van der Waals surface area (Å²) in [6.45, 7) is 9.77. The highest BCUT2D eigenvalue weighted by Crippen LogP contribution is 2.34. The minimum Gasteiger partial charge on any atom is -0.371 e. The maximum Gasteiger partial charge on any atom is 0.315 e. The van der Waals surface area contributed by atoms with Crippen LogP contribution in [0.5, 0.6) is 0 Å². The maximum atomic E-state index is 14.7. The van der Waals surface area contributed by atoms with E-state index in [4.69, 9.17) is 10.5 Å². The van der Waals surface area contributed by atoms with Gasteiger partial charge in [-0.2, -0.15) is 0 Å². The number of nitrogens with one attached hydrogen (secondary N) is 3. The van der Waals surface area contributed by atoms with Gasteiger partial charge < -0.3 is 31.3 Å². The quantitative estimate of drug-likeness (QED) is 0.171. The van der Waals surface area contributed by atoms with Gasteiger partial charge in [-0.3, -0.25) is 19.2 Å². The van der Waals surface area contributed by atoms with Gasteiger partial charge in [0.15, 0.2) is 9.84 Å². The van der Waals surface area contributed by atoms with Gasteiger partial charge in [-0.05, 0) is 77.0 Å². The highest BCUT2D eigenvalue weighted by Gasteiger charge is 2.47. The molecule has 0 radical (unpaired) electrons. The summed E-state index contributed by atoms with van der Waals surface area (Å²) >= 11 is 0.